The Morgan fingerprint density at radius 3 is 2.59 bits per heavy atom. The lowest BCUT2D eigenvalue weighted by Crippen LogP contribution is -2.25. The Kier molecular flexibility index (Phi) is 4.96. The van der Waals surface area contributed by atoms with Crippen LogP contribution in [-0.4, -0.2) is 26.8 Å². The molecule has 5 heteroatoms. The summed E-state index contributed by atoms with van der Waals surface area (Å²) in [6.45, 7) is 4.28. The summed E-state index contributed by atoms with van der Waals surface area (Å²) in [4.78, 5) is 0.363. The Bertz CT molecular complexity index is 455. The Balaban J connectivity index is 2.99. The molecule has 0 aromatic heterocycles. The molecule has 1 aromatic carbocycles. The van der Waals surface area contributed by atoms with Crippen molar-refractivity contribution >= 4 is 15.5 Å². The van der Waals surface area contributed by atoms with Gasteiger partial charge < -0.3 is 11.1 Å². The fourth-order valence-corrected chi connectivity index (χ4v) is 3.05. The first-order valence-electron chi connectivity index (χ1n) is 5.78. The van der Waals surface area contributed by atoms with Gasteiger partial charge >= 0.3 is 0 Å². The lowest BCUT2D eigenvalue weighted by molar-refractivity contribution is 0.595. The molecule has 1 unspecified atom stereocenters. The molecule has 0 radical (unpaired) electrons. The normalized spacial score (nSPS) is 13.4. The topological polar surface area (TPSA) is 72.2 Å². The molecule has 0 amide bonds. The third kappa shape index (κ3) is 4.02. The van der Waals surface area contributed by atoms with E-state index in [1.807, 2.05) is 19.9 Å². The van der Waals surface area contributed by atoms with Crippen LogP contribution in [0.4, 0.5) is 5.69 Å². The highest BCUT2D eigenvalue weighted by Gasteiger charge is 2.17. The van der Waals surface area contributed by atoms with Gasteiger partial charge in [-0.2, -0.15) is 0 Å². The molecule has 0 fully saturated rings. The molecule has 1 rings (SSSR count). The summed E-state index contributed by atoms with van der Waals surface area (Å²) in [6, 6.07) is 6.94. The number of sulfone groups is 1. The summed E-state index contributed by atoms with van der Waals surface area (Å²) >= 11 is 0. The van der Waals surface area contributed by atoms with Crippen LogP contribution >= 0.6 is 0 Å². The number of para-hydroxylation sites is 1. The number of nitrogens with two attached hydrogens (primary N) is 1. The zero-order valence-corrected chi connectivity index (χ0v) is 11.1. The van der Waals surface area contributed by atoms with Crippen molar-refractivity contribution in [2.45, 2.75) is 31.2 Å². The second-order valence-electron chi connectivity index (χ2n) is 4.17. The lowest BCUT2D eigenvalue weighted by Gasteiger charge is -2.13. The molecule has 3 N–H and O–H groups in total. The van der Waals surface area contributed by atoms with E-state index in [1.165, 1.54) is 0 Å². The third-order valence-electron chi connectivity index (χ3n) is 2.31. The number of anilines is 1. The molecule has 96 valence electrons. The molecule has 1 aromatic rings. The van der Waals surface area contributed by atoms with Crippen LogP contribution in [0.2, 0.25) is 0 Å². The molecule has 17 heavy (non-hydrogen) atoms. The summed E-state index contributed by atoms with van der Waals surface area (Å²) in [5, 5.41) is 3.07. The van der Waals surface area contributed by atoms with Crippen LogP contribution in [-0.2, 0) is 9.84 Å². The number of hydrogen-bond donors (Lipinski definition) is 2. The van der Waals surface area contributed by atoms with Gasteiger partial charge in [-0.15, -0.1) is 0 Å². The first kappa shape index (κ1) is 14.0. The van der Waals surface area contributed by atoms with Crippen LogP contribution in [0, 0.1) is 0 Å². The Hall–Kier alpha value is -1.07. The van der Waals surface area contributed by atoms with E-state index in [0.29, 0.717) is 23.5 Å². The van der Waals surface area contributed by atoms with Crippen molar-refractivity contribution < 1.29 is 8.42 Å². The summed E-state index contributed by atoms with van der Waals surface area (Å²) in [5.74, 6) is 0.171. The summed E-state index contributed by atoms with van der Waals surface area (Å²) in [6.07, 6.45) is 0.615. The van der Waals surface area contributed by atoms with Crippen LogP contribution in [0.3, 0.4) is 0 Å². The summed E-state index contributed by atoms with van der Waals surface area (Å²) in [7, 11) is -3.19. The second-order valence-corrected chi connectivity index (χ2v) is 6.25. The van der Waals surface area contributed by atoms with Crippen molar-refractivity contribution in [1.29, 1.82) is 0 Å². The minimum atomic E-state index is -3.19. The molecule has 0 saturated carbocycles. The molecule has 0 aliphatic heterocycles. The third-order valence-corrected chi connectivity index (χ3v) is 4.28. The van der Waals surface area contributed by atoms with Crippen LogP contribution in [0.25, 0.3) is 0 Å². The van der Waals surface area contributed by atoms with Crippen molar-refractivity contribution in [1.82, 2.24) is 0 Å². The van der Waals surface area contributed by atoms with E-state index in [2.05, 4.69) is 5.32 Å². The summed E-state index contributed by atoms with van der Waals surface area (Å²) < 4.78 is 24.1. The highest BCUT2D eigenvalue weighted by atomic mass is 32.2. The first-order chi connectivity index (χ1) is 7.97. The molecule has 0 aliphatic rings. The van der Waals surface area contributed by atoms with Crippen LogP contribution in [0.5, 0.6) is 0 Å². The van der Waals surface area contributed by atoms with Gasteiger partial charge in [0.25, 0.3) is 0 Å². The van der Waals surface area contributed by atoms with E-state index in [9.17, 15) is 8.42 Å². The molecule has 0 saturated heterocycles. The van der Waals surface area contributed by atoms with E-state index in [1.54, 1.807) is 18.2 Å². The monoisotopic (exact) mass is 256 g/mol. The molecule has 1 atom stereocenters. The molecule has 0 bridgehead atoms. The van der Waals surface area contributed by atoms with Crippen LogP contribution in [0.15, 0.2) is 29.2 Å². The average molecular weight is 256 g/mol. The Morgan fingerprint density at radius 2 is 2.00 bits per heavy atom. The van der Waals surface area contributed by atoms with E-state index >= 15 is 0 Å². The van der Waals surface area contributed by atoms with E-state index < -0.39 is 9.84 Å². The van der Waals surface area contributed by atoms with Gasteiger partial charge in [-0.25, -0.2) is 8.42 Å². The predicted octanol–water partition coefficient (Wildman–Crippen LogP) is 1.63. The SMILES string of the molecule is CCCS(=O)(=O)c1ccccc1NCC(C)N. The van der Waals surface area contributed by atoms with Gasteiger partial charge in [0.2, 0.25) is 0 Å². The van der Waals surface area contributed by atoms with Crippen molar-refractivity contribution in [3.05, 3.63) is 24.3 Å². The van der Waals surface area contributed by atoms with Crippen LogP contribution < -0.4 is 11.1 Å². The second kappa shape index (κ2) is 6.02. The summed E-state index contributed by atoms with van der Waals surface area (Å²) in [5.41, 5.74) is 6.28. The van der Waals surface area contributed by atoms with Crippen molar-refractivity contribution in [3.63, 3.8) is 0 Å². The maximum atomic E-state index is 12.0. The number of benzene rings is 1. The first-order valence-corrected chi connectivity index (χ1v) is 7.44. The molecule has 4 nitrogen and oxygen atoms in total. The molecule has 0 spiro atoms. The fraction of sp³-hybridized carbons (Fsp3) is 0.500. The highest BCUT2D eigenvalue weighted by Crippen LogP contribution is 2.22. The van der Waals surface area contributed by atoms with Crippen molar-refractivity contribution in [2.24, 2.45) is 5.73 Å². The minimum Gasteiger partial charge on any atom is -0.382 e. The van der Waals surface area contributed by atoms with Gasteiger partial charge in [0, 0.05) is 12.6 Å². The maximum absolute atomic E-state index is 12.0. The van der Waals surface area contributed by atoms with Crippen LogP contribution in [0.1, 0.15) is 20.3 Å². The number of nitrogens with one attached hydrogen (secondary N) is 1. The molecular formula is C12H20N2O2S. The fourth-order valence-electron chi connectivity index (χ4n) is 1.53. The highest BCUT2D eigenvalue weighted by molar-refractivity contribution is 7.91. The average Bonchev–Trinajstić information content (AvgIpc) is 2.26. The van der Waals surface area contributed by atoms with Crippen molar-refractivity contribution in [2.75, 3.05) is 17.6 Å². The lowest BCUT2D eigenvalue weighted by atomic mass is 10.3. The Morgan fingerprint density at radius 1 is 1.35 bits per heavy atom. The maximum Gasteiger partial charge on any atom is 0.180 e. The largest absolute Gasteiger partial charge is 0.382 e. The number of rotatable bonds is 6. The van der Waals surface area contributed by atoms with Gasteiger partial charge in [0.15, 0.2) is 9.84 Å². The predicted molar refractivity (Wildman–Crippen MR) is 70.9 cm³/mol. The molecule has 0 heterocycles. The number of hydrogen-bond acceptors (Lipinski definition) is 4. The quantitative estimate of drug-likeness (QED) is 0.811. The van der Waals surface area contributed by atoms with Crippen molar-refractivity contribution in [3.8, 4) is 0 Å². The van der Waals surface area contributed by atoms with E-state index in [4.69, 9.17) is 5.73 Å². The zero-order chi connectivity index (χ0) is 12.9. The van der Waals surface area contributed by atoms with Gasteiger partial charge in [-0.3, -0.25) is 0 Å². The smallest absolute Gasteiger partial charge is 0.180 e. The van der Waals surface area contributed by atoms with E-state index in [-0.39, 0.29) is 11.8 Å². The zero-order valence-electron chi connectivity index (χ0n) is 10.3. The van der Waals surface area contributed by atoms with E-state index in [0.717, 1.165) is 0 Å². The Labute approximate surface area is 103 Å². The molecule has 0 aliphatic carbocycles. The van der Waals surface area contributed by atoms with Gasteiger partial charge in [0.1, 0.15) is 0 Å². The van der Waals surface area contributed by atoms with Gasteiger partial charge in [0.05, 0.1) is 16.3 Å². The minimum absolute atomic E-state index is 0.0167. The standard InChI is InChI=1S/C12H20N2O2S/c1-3-8-17(15,16)12-7-5-4-6-11(12)14-9-10(2)13/h4-7,10,14H,3,8-9,13H2,1-2H3. The van der Waals surface area contributed by atoms with Gasteiger partial charge in [-0.05, 0) is 25.5 Å². The van der Waals surface area contributed by atoms with Gasteiger partial charge in [-0.1, -0.05) is 19.1 Å². The molecular weight excluding hydrogens is 236 g/mol.